The van der Waals surface area contributed by atoms with E-state index < -0.39 is 0 Å². The number of rotatable bonds is 3. The van der Waals surface area contributed by atoms with Gasteiger partial charge in [0.15, 0.2) is 0 Å². The lowest BCUT2D eigenvalue weighted by molar-refractivity contribution is 0.618. The first kappa shape index (κ1) is 13.3. The second-order valence-electron chi connectivity index (χ2n) is 5.87. The van der Waals surface area contributed by atoms with Crippen LogP contribution in [0.3, 0.4) is 0 Å². The van der Waals surface area contributed by atoms with Gasteiger partial charge in [0.25, 0.3) is 0 Å². The van der Waals surface area contributed by atoms with Crippen molar-refractivity contribution in [2.45, 2.75) is 38.6 Å². The molecule has 21 heavy (non-hydrogen) atoms. The minimum atomic E-state index is 0.288. The predicted molar refractivity (Wildman–Crippen MR) is 88.2 cm³/mol. The smallest absolute Gasteiger partial charge is 0.204 e. The highest BCUT2D eigenvalue weighted by Gasteiger charge is 2.26. The zero-order chi connectivity index (χ0) is 14.6. The Labute approximate surface area is 132 Å². The van der Waals surface area contributed by atoms with Crippen LogP contribution in [0, 0.1) is 0 Å². The summed E-state index contributed by atoms with van der Waals surface area (Å²) in [7, 11) is 0. The van der Waals surface area contributed by atoms with Gasteiger partial charge in [-0.1, -0.05) is 6.07 Å². The SMILES string of the molecule is CC(C)n1c(Cl)nc2c(-c3nc(C4CC4)cs3)cccc21. The summed E-state index contributed by atoms with van der Waals surface area (Å²) in [6.07, 6.45) is 2.56. The Morgan fingerprint density at radius 2 is 2.10 bits per heavy atom. The van der Waals surface area contributed by atoms with Crippen molar-refractivity contribution in [3.63, 3.8) is 0 Å². The first-order chi connectivity index (χ1) is 10.1. The number of imidazole rings is 1. The number of hydrogen-bond donors (Lipinski definition) is 0. The molecule has 1 aliphatic carbocycles. The van der Waals surface area contributed by atoms with E-state index in [2.05, 4.69) is 47.0 Å². The molecule has 3 aromatic rings. The molecule has 0 bridgehead atoms. The van der Waals surface area contributed by atoms with Crippen molar-refractivity contribution in [3.05, 3.63) is 34.6 Å². The molecule has 2 heterocycles. The van der Waals surface area contributed by atoms with Gasteiger partial charge in [0.05, 0.1) is 11.2 Å². The van der Waals surface area contributed by atoms with Gasteiger partial charge in [0, 0.05) is 22.9 Å². The molecule has 4 rings (SSSR count). The first-order valence-electron chi connectivity index (χ1n) is 7.27. The Balaban J connectivity index is 1.89. The van der Waals surface area contributed by atoms with E-state index in [1.54, 1.807) is 11.3 Å². The molecule has 5 heteroatoms. The van der Waals surface area contributed by atoms with Gasteiger partial charge in [-0.25, -0.2) is 9.97 Å². The highest BCUT2D eigenvalue weighted by molar-refractivity contribution is 7.13. The fraction of sp³-hybridized carbons (Fsp3) is 0.375. The van der Waals surface area contributed by atoms with Crippen molar-refractivity contribution in [1.29, 1.82) is 0 Å². The van der Waals surface area contributed by atoms with E-state index in [1.165, 1.54) is 18.5 Å². The number of nitrogens with zero attached hydrogens (tertiary/aromatic N) is 3. The molecule has 0 aliphatic heterocycles. The molecule has 2 aromatic heterocycles. The van der Waals surface area contributed by atoms with E-state index in [-0.39, 0.29) is 6.04 Å². The van der Waals surface area contributed by atoms with Crippen molar-refractivity contribution in [1.82, 2.24) is 14.5 Å². The molecule has 0 N–H and O–H groups in total. The van der Waals surface area contributed by atoms with E-state index in [0.717, 1.165) is 21.6 Å². The van der Waals surface area contributed by atoms with Crippen molar-refractivity contribution >= 4 is 34.0 Å². The lowest BCUT2D eigenvalue weighted by Crippen LogP contribution is -1.99. The molecule has 0 saturated heterocycles. The number of thiazole rings is 1. The van der Waals surface area contributed by atoms with E-state index in [1.807, 2.05) is 0 Å². The highest BCUT2D eigenvalue weighted by atomic mass is 35.5. The van der Waals surface area contributed by atoms with Gasteiger partial charge in [0.2, 0.25) is 5.28 Å². The van der Waals surface area contributed by atoms with E-state index in [9.17, 15) is 0 Å². The molecule has 0 atom stereocenters. The van der Waals surface area contributed by atoms with Gasteiger partial charge in [-0.15, -0.1) is 11.3 Å². The number of fused-ring (bicyclic) bond motifs is 1. The third kappa shape index (κ3) is 2.17. The summed E-state index contributed by atoms with van der Waals surface area (Å²) < 4.78 is 2.07. The summed E-state index contributed by atoms with van der Waals surface area (Å²) in [5.41, 5.74) is 4.36. The molecule has 1 fully saturated rings. The van der Waals surface area contributed by atoms with Gasteiger partial charge in [-0.3, -0.25) is 0 Å². The third-order valence-corrected chi connectivity index (χ3v) is 5.10. The van der Waals surface area contributed by atoms with Gasteiger partial charge < -0.3 is 4.57 Å². The van der Waals surface area contributed by atoms with Crippen LogP contribution < -0.4 is 0 Å². The van der Waals surface area contributed by atoms with Crippen molar-refractivity contribution in [2.75, 3.05) is 0 Å². The zero-order valence-electron chi connectivity index (χ0n) is 12.0. The standard InChI is InChI=1S/C16H16ClN3S/c1-9(2)20-13-5-3-4-11(14(13)19-16(20)17)15-18-12(8-21-15)10-6-7-10/h3-5,8-10H,6-7H2,1-2H3. The molecular weight excluding hydrogens is 302 g/mol. The number of para-hydroxylation sites is 1. The number of benzene rings is 1. The third-order valence-electron chi connectivity index (χ3n) is 3.94. The Morgan fingerprint density at radius 1 is 1.29 bits per heavy atom. The quantitative estimate of drug-likeness (QED) is 0.658. The number of hydrogen-bond acceptors (Lipinski definition) is 3. The fourth-order valence-corrected chi connectivity index (χ4v) is 4.03. The maximum Gasteiger partial charge on any atom is 0.204 e. The summed E-state index contributed by atoms with van der Waals surface area (Å²) in [6.45, 7) is 4.24. The molecule has 1 aromatic carbocycles. The molecule has 108 valence electrons. The second kappa shape index (κ2) is 4.82. The Morgan fingerprint density at radius 3 is 2.81 bits per heavy atom. The maximum absolute atomic E-state index is 6.32. The summed E-state index contributed by atoms with van der Waals surface area (Å²) in [6, 6.07) is 6.52. The second-order valence-corrected chi connectivity index (χ2v) is 7.07. The molecule has 3 nitrogen and oxygen atoms in total. The monoisotopic (exact) mass is 317 g/mol. The lowest BCUT2D eigenvalue weighted by atomic mass is 10.2. The van der Waals surface area contributed by atoms with Crippen molar-refractivity contribution < 1.29 is 0 Å². The van der Waals surface area contributed by atoms with Crippen molar-refractivity contribution in [2.24, 2.45) is 0 Å². The van der Waals surface area contributed by atoms with Crippen LogP contribution in [0.2, 0.25) is 5.28 Å². The van der Waals surface area contributed by atoms with Crippen LogP contribution in [0.1, 0.15) is 44.3 Å². The van der Waals surface area contributed by atoms with Gasteiger partial charge >= 0.3 is 0 Å². The maximum atomic E-state index is 6.32. The van der Waals surface area contributed by atoms with E-state index in [4.69, 9.17) is 16.6 Å². The largest absolute Gasteiger partial charge is 0.312 e. The number of halogens is 1. The van der Waals surface area contributed by atoms with Gasteiger partial charge in [-0.05, 0) is 50.4 Å². The van der Waals surface area contributed by atoms with Crippen LogP contribution in [0.15, 0.2) is 23.6 Å². The zero-order valence-corrected chi connectivity index (χ0v) is 13.6. The van der Waals surface area contributed by atoms with Crippen LogP contribution >= 0.6 is 22.9 Å². The average molecular weight is 318 g/mol. The summed E-state index contributed by atoms with van der Waals surface area (Å²) in [5, 5.41) is 3.78. The van der Waals surface area contributed by atoms with Crippen LogP contribution in [0.25, 0.3) is 21.6 Å². The fourth-order valence-electron chi connectivity index (χ4n) is 2.73. The molecule has 0 radical (unpaired) electrons. The minimum Gasteiger partial charge on any atom is -0.312 e. The predicted octanol–water partition coefficient (Wildman–Crippen LogP) is 5.27. The normalized spacial score (nSPS) is 15.2. The van der Waals surface area contributed by atoms with E-state index in [0.29, 0.717) is 11.2 Å². The molecule has 0 unspecified atom stereocenters. The van der Waals surface area contributed by atoms with Crippen LogP contribution in [0.4, 0.5) is 0 Å². The summed E-state index contributed by atoms with van der Waals surface area (Å²) >= 11 is 8.03. The topological polar surface area (TPSA) is 30.7 Å². The molecule has 1 aliphatic rings. The van der Waals surface area contributed by atoms with Crippen LogP contribution in [-0.2, 0) is 0 Å². The Hall–Kier alpha value is -1.39. The Kier molecular flexibility index (Phi) is 3.05. The van der Waals surface area contributed by atoms with E-state index >= 15 is 0 Å². The van der Waals surface area contributed by atoms with Gasteiger partial charge in [-0.2, -0.15) is 0 Å². The lowest BCUT2D eigenvalue weighted by Gasteiger charge is -2.09. The highest BCUT2D eigenvalue weighted by Crippen LogP contribution is 2.42. The molecule has 0 spiro atoms. The molecule has 1 saturated carbocycles. The summed E-state index contributed by atoms with van der Waals surface area (Å²) in [4.78, 5) is 9.38. The average Bonchev–Trinajstić information content (AvgIpc) is 3.07. The first-order valence-corrected chi connectivity index (χ1v) is 8.53. The molecule has 0 amide bonds. The minimum absolute atomic E-state index is 0.288. The van der Waals surface area contributed by atoms with Gasteiger partial charge in [0.1, 0.15) is 10.5 Å². The van der Waals surface area contributed by atoms with Crippen LogP contribution in [-0.4, -0.2) is 14.5 Å². The van der Waals surface area contributed by atoms with Crippen LogP contribution in [0.5, 0.6) is 0 Å². The van der Waals surface area contributed by atoms with Crippen molar-refractivity contribution in [3.8, 4) is 10.6 Å². The molecular formula is C16H16ClN3S. The number of aromatic nitrogens is 3. The Bertz CT molecular complexity index is 814. The summed E-state index contributed by atoms with van der Waals surface area (Å²) in [5.74, 6) is 0.686.